The zero-order chi connectivity index (χ0) is 44.3. The molecule has 4 heteroatoms. The fraction of sp³-hybridized carbons (Fsp3) is 0. The molecule has 13 aromatic rings. The van der Waals surface area contributed by atoms with Crippen molar-refractivity contribution in [3.8, 4) is 78.7 Å². The first-order valence-electron chi connectivity index (χ1n) is 22.7. The van der Waals surface area contributed by atoms with Crippen LogP contribution in [-0.2, 0) is 0 Å². The highest BCUT2D eigenvalue weighted by atomic mass is 16.3. The van der Waals surface area contributed by atoms with E-state index in [2.05, 4.69) is 218 Å². The highest BCUT2D eigenvalue weighted by Crippen LogP contribution is 2.42. The molecule has 0 saturated heterocycles. The lowest BCUT2D eigenvalue weighted by Gasteiger charge is -2.13. The molecule has 0 radical (unpaired) electrons. The van der Waals surface area contributed by atoms with Gasteiger partial charge in [-0.05, 0) is 114 Å². The average Bonchev–Trinajstić information content (AvgIpc) is 3.80. The van der Waals surface area contributed by atoms with Gasteiger partial charge in [0.2, 0.25) is 0 Å². The lowest BCUT2D eigenvalue weighted by atomic mass is 9.92. The molecular weight excluding hydrogens is 815 g/mol. The van der Waals surface area contributed by atoms with Crippen molar-refractivity contribution in [2.45, 2.75) is 0 Å². The highest BCUT2D eigenvalue weighted by molar-refractivity contribution is 6.18. The van der Waals surface area contributed by atoms with Crippen LogP contribution in [0, 0.1) is 0 Å². The standard InChI is InChI=1S/C63H39N3O/c1-4-14-40(15-5-1)49-35-50(41-16-6-2-7-17-41)37-51(36-49)42-24-26-43(27-25-42)52-38-57-56-33-30-45-19-11-13-23-55(45)59(56)67-60(57)58(39-52)63-65-61(46-20-8-3-9-21-46)64-62(66-63)48-31-32-54-47(34-48)29-28-44-18-10-12-22-53(44)54/h1-39H. The Morgan fingerprint density at radius 1 is 0.224 bits per heavy atom. The minimum Gasteiger partial charge on any atom is -0.455 e. The van der Waals surface area contributed by atoms with Crippen LogP contribution in [-0.4, -0.2) is 15.0 Å². The topological polar surface area (TPSA) is 51.8 Å². The molecule has 2 heterocycles. The van der Waals surface area contributed by atoms with E-state index in [4.69, 9.17) is 19.4 Å². The number of fused-ring (bicyclic) bond motifs is 8. The molecule has 0 bridgehead atoms. The van der Waals surface area contributed by atoms with Gasteiger partial charge in [-0.2, -0.15) is 0 Å². The Kier molecular flexibility index (Phi) is 9.14. The number of furan rings is 1. The summed E-state index contributed by atoms with van der Waals surface area (Å²) in [5.74, 6) is 1.73. The van der Waals surface area contributed by atoms with Crippen molar-refractivity contribution in [3.05, 3.63) is 237 Å². The summed E-state index contributed by atoms with van der Waals surface area (Å²) in [6.07, 6.45) is 0. The first kappa shape index (κ1) is 38.5. The van der Waals surface area contributed by atoms with Crippen molar-refractivity contribution in [1.29, 1.82) is 0 Å². The molecule has 13 rings (SSSR count). The molecule has 0 saturated carbocycles. The van der Waals surface area contributed by atoms with E-state index in [1.165, 1.54) is 38.4 Å². The summed E-state index contributed by atoms with van der Waals surface area (Å²) < 4.78 is 7.00. The molecule has 0 atom stereocenters. The minimum absolute atomic E-state index is 0.542. The number of aromatic nitrogens is 3. The van der Waals surface area contributed by atoms with Crippen LogP contribution in [0.4, 0.5) is 0 Å². The molecule has 11 aromatic carbocycles. The van der Waals surface area contributed by atoms with Gasteiger partial charge in [0.15, 0.2) is 17.5 Å². The van der Waals surface area contributed by atoms with E-state index in [0.717, 1.165) is 77.0 Å². The summed E-state index contributed by atoms with van der Waals surface area (Å²) in [6.45, 7) is 0. The van der Waals surface area contributed by atoms with Gasteiger partial charge in [-0.15, -0.1) is 0 Å². The number of nitrogens with zero attached hydrogens (tertiary/aromatic N) is 3. The van der Waals surface area contributed by atoms with Crippen molar-refractivity contribution < 1.29 is 4.42 Å². The third kappa shape index (κ3) is 6.91. The molecule has 0 amide bonds. The molecule has 0 fully saturated rings. The third-order valence-corrected chi connectivity index (χ3v) is 13.1. The van der Waals surface area contributed by atoms with Crippen molar-refractivity contribution >= 4 is 54.3 Å². The van der Waals surface area contributed by atoms with Gasteiger partial charge in [-0.1, -0.05) is 194 Å². The Labute approximate surface area is 387 Å². The van der Waals surface area contributed by atoms with Crippen LogP contribution >= 0.6 is 0 Å². The molecule has 312 valence electrons. The van der Waals surface area contributed by atoms with Crippen LogP contribution in [0.25, 0.3) is 133 Å². The number of rotatable bonds is 7. The average molecular weight is 854 g/mol. The molecule has 0 aliphatic carbocycles. The number of hydrogen-bond acceptors (Lipinski definition) is 4. The molecule has 0 aliphatic rings. The van der Waals surface area contributed by atoms with E-state index < -0.39 is 0 Å². The second-order valence-corrected chi connectivity index (χ2v) is 17.2. The molecule has 0 unspecified atom stereocenters. The maximum Gasteiger partial charge on any atom is 0.167 e. The Morgan fingerprint density at radius 2 is 0.657 bits per heavy atom. The van der Waals surface area contributed by atoms with Gasteiger partial charge in [0.1, 0.15) is 11.2 Å². The van der Waals surface area contributed by atoms with Gasteiger partial charge >= 0.3 is 0 Å². The minimum atomic E-state index is 0.542. The second-order valence-electron chi connectivity index (χ2n) is 17.2. The van der Waals surface area contributed by atoms with Gasteiger partial charge in [-0.3, -0.25) is 0 Å². The highest BCUT2D eigenvalue weighted by Gasteiger charge is 2.21. The summed E-state index contributed by atoms with van der Waals surface area (Å²) in [6, 6.07) is 83.7. The van der Waals surface area contributed by atoms with Gasteiger partial charge in [0.05, 0.1) is 5.56 Å². The maximum atomic E-state index is 7.00. The zero-order valence-corrected chi connectivity index (χ0v) is 36.3. The predicted molar refractivity (Wildman–Crippen MR) is 278 cm³/mol. The fourth-order valence-corrected chi connectivity index (χ4v) is 9.68. The Morgan fingerprint density at radius 3 is 1.30 bits per heavy atom. The lowest BCUT2D eigenvalue weighted by molar-refractivity contribution is 0.673. The van der Waals surface area contributed by atoms with Crippen LogP contribution in [0.3, 0.4) is 0 Å². The summed E-state index contributed by atoms with van der Waals surface area (Å²) in [5, 5.41) is 8.97. The first-order valence-corrected chi connectivity index (χ1v) is 22.7. The summed E-state index contributed by atoms with van der Waals surface area (Å²) in [4.78, 5) is 15.7. The SMILES string of the molecule is c1ccc(-c2cc(-c3ccccc3)cc(-c3ccc(-c4cc(-c5nc(-c6ccccc6)nc(-c6ccc7c(ccc8ccccc87)c6)n5)c5oc6c7ccccc7ccc6c5c4)cc3)c2)cc1. The Balaban J connectivity index is 0.996. The lowest BCUT2D eigenvalue weighted by Crippen LogP contribution is -2.00. The van der Waals surface area contributed by atoms with E-state index in [9.17, 15) is 0 Å². The van der Waals surface area contributed by atoms with E-state index in [1.54, 1.807) is 0 Å². The van der Waals surface area contributed by atoms with E-state index in [0.29, 0.717) is 17.5 Å². The van der Waals surface area contributed by atoms with Crippen LogP contribution in [0.2, 0.25) is 0 Å². The molecular formula is C63H39N3O. The quantitative estimate of drug-likeness (QED) is 0.150. The molecule has 0 N–H and O–H groups in total. The predicted octanol–water partition coefficient (Wildman–Crippen LogP) is 16.9. The Bertz CT molecular complexity index is 3950. The maximum absolute atomic E-state index is 7.00. The molecule has 2 aromatic heterocycles. The van der Waals surface area contributed by atoms with Gasteiger partial charge in [0.25, 0.3) is 0 Å². The van der Waals surface area contributed by atoms with E-state index in [1.807, 2.05) is 18.2 Å². The molecule has 67 heavy (non-hydrogen) atoms. The van der Waals surface area contributed by atoms with Crippen LogP contribution in [0.5, 0.6) is 0 Å². The van der Waals surface area contributed by atoms with Crippen LogP contribution in [0.15, 0.2) is 241 Å². The van der Waals surface area contributed by atoms with Crippen molar-refractivity contribution in [3.63, 3.8) is 0 Å². The largest absolute Gasteiger partial charge is 0.455 e. The van der Waals surface area contributed by atoms with Crippen molar-refractivity contribution in [1.82, 2.24) is 15.0 Å². The van der Waals surface area contributed by atoms with Gasteiger partial charge in [0, 0.05) is 27.3 Å². The third-order valence-electron chi connectivity index (χ3n) is 13.1. The van der Waals surface area contributed by atoms with Crippen molar-refractivity contribution in [2.24, 2.45) is 0 Å². The molecule has 4 nitrogen and oxygen atoms in total. The number of benzene rings is 11. The van der Waals surface area contributed by atoms with Gasteiger partial charge < -0.3 is 4.42 Å². The summed E-state index contributed by atoms with van der Waals surface area (Å²) >= 11 is 0. The van der Waals surface area contributed by atoms with E-state index in [-0.39, 0.29) is 0 Å². The molecule has 0 spiro atoms. The van der Waals surface area contributed by atoms with E-state index >= 15 is 0 Å². The van der Waals surface area contributed by atoms with Crippen LogP contribution < -0.4 is 0 Å². The summed E-state index contributed by atoms with van der Waals surface area (Å²) in [7, 11) is 0. The second kappa shape index (κ2) is 15.9. The van der Waals surface area contributed by atoms with Crippen LogP contribution in [0.1, 0.15) is 0 Å². The van der Waals surface area contributed by atoms with Gasteiger partial charge in [-0.25, -0.2) is 15.0 Å². The fourth-order valence-electron chi connectivity index (χ4n) is 9.68. The van der Waals surface area contributed by atoms with Crippen molar-refractivity contribution in [2.75, 3.05) is 0 Å². The first-order chi connectivity index (χ1) is 33.2. The Hall–Kier alpha value is -8.99. The summed E-state index contributed by atoms with van der Waals surface area (Å²) in [5.41, 5.74) is 13.3. The normalized spacial score (nSPS) is 11.6. The zero-order valence-electron chi connectivity index (χ0n) is 36.3. The smallest absolute Gasteiger partial charge is 0.167 e. The monoisotopic (exact) mass is 853 g/mol. The number of hydrogen-bond donors (Lipinski definition) is 0. The molecule has 0 aliphatic heterocycles.